The molecule has 2 aromatic rings. The zero-order valence-corrected chi connectivity index (χ0v) is 14.8. The minimum Gasteiger partial charge on any atom is -0.490 e. The molecule has 0 aliphatic carbocycles. The average molecular weight is 353 g/mol. The predicted molar refractivity (Wildman–Crippen MR) is 95.8 cm³/mol. The van der Waals surface area contributed by atoms with Crippen LogP contribution in [0.5, 0.6) is 5.75 Å². The fourth-order valence-corrected chi connectivity index (χ4v) is 2.50. The highest BCUT2D eigenvalue weighted by Crippen LogP contribution is 2.28. The summed E-state index contributed by atoms with van der Waals surface area (Å²) in [5.41, 5.74) is 1.39. The number of nitriles is 1. The summed E-state index contributed by atoms with van der Waals surface area (Å²) in [4.78, 5) is 25.1. The summed E-state index contributed by atoms with van der Waals surface area (Å²) in [5, 5.41) is 20.1. The van der Waals surface area contributed by atoms with E-state index in [1.165, 1.54) is 25.3 Å². The highest BCUT2D eigenvalue weighted by molar-refractivity contribution is 5.95. The van der Waals surface area contributed by atoms with Crippen molar-refractivity contribution >= 4 is 11.6 Å². The Hall–Kier alpha value is -3.40. The number of carbonyl (C=O) groups excluding carboxylic acids is 1. The van der Waals surface area contributed by atoms with E-state index in [-0.39, 0.29) is 28.9 Å². The van der Waals surface area contributed by atoms with Crippen LogP contribution in [0.2, 0.25) is 0 Å². The molecule has 1 amide bonds. The Labute approximate surface area is 151 Å². The number of hydrogen-bond acceptors (Lipinski definition) is 5. The lowest BCUT2D eigenvalue weighted by Gasteiger charge is -2.27. The van der Waals surface area contributed by atoms with Gasteiger partial charge in [-0.1, -0.05) is 12.1 Å². The van der Waals surface area contributed by atoms with Gasteiger partial charge in [0.05, 0.1) is 23.7 Å². The highest BCUT2D eigenvalue weighted by atomic mass is 16.6. The lowest BCUT2D eigenvalue weighted by molar-refractivity contribution is -0.385. The van der Waals surface area contributed by atoms with E-state index in [1.807, 2.05) is 13.8 Å². The third kappa shape index (κ3) is 4.16. The van der Waals surface area contributed by atoms with Gasteiger partial charge in [0.2, 0.25) is 0 Å². The molecule has 0 radical (unpaired) electrons. The Morgan fingerprint density at radius 3 is 2.42 bits per heavy atom. The van der Waals surface area contributed by atoms with E-state index in [0.717, 1.165) is 5.56 Å². The van der Waals surface area contributed by atoms with Gasteiger partial charge in [0.1, 0.15) is 0 Å². The quantitative estimate of drug-likeness (QED) is 0.584. The molecule has 0 heterocycles. The second-order valence-corrected chi connectivity index (χ2v) is 5.98. The summed E-state index contributed by atoms with van der Waals surface area (Å²) in [6.45, 7) is 4.08. The van der Waals surface area contributed by atoms with Gasteiger partial charge in [-0.25, -0.2) is 0 Å². The predicted octanol–water partition coefficient (Wildman–Crippen LogP) is 3.53. The summed E-state index contributed by atoms with van der Waals surface area (Å²) >= 11 is 0. The van der Waals surface area contributed by atoms with Gasteiger partial charge in [-0.3, -0.25) is 14.9 Å². The Morgan fingerprint density at radius 2 is 1.92 bits per heavy atom. The molecule has 7 nitrogen and oxygen atoms in total. The molecule has 0 spiro atoms. The van der Waals surface area contributed by atoms with Crippen LogP contribution in [0.4, 0.5) is 5.69 Å². The first-order valence-electron chi connectivity index (χ1n) is 7.99. The van der Waals surface area contributed by atoms with E-state index in [0.29, 0.717) is 12.1 Å². The van der Waals surface area contributed by atoms with Crippen LogP contribution in [0.1, 0.15) is 35.3 Å². The van der Waals surface area contributed by atoms with Gasteiger partial charge in [-0.05, 0) is 43.7 Å². The first kappa shape index (κ1) is 18.9. The van der Waals surface area contributed by atoms with Crippen molar-refractivity contribution in [2.45, 2.75) is 26.4 Å². The van der Waals surface area contributed by atoms with E-state index < -0.39 is 4.92 Å². The third-order valence-electron chi connectivity index (χ3n) is 3.94. The average Bonchev–Trinajstić information content (AvgIpc) is 2.65. The smallest absolute Gasteiger partial charge is 0.311 e. The SMILES string of the molecule is COc1ccc(C(=O)N(Cc2ccc(C#N)cc2)C(C)C)cc1[N+](=O)[O-]. The van der Waals surface area contributed by atoms with Crippen molar-refractivity contribution in [2.75, 3.05) is 7.11 Å². The molecule has 2 rings (SSSR count). The number of hydrogen-bond donors (Lipinski definition) is 0. The zero-order chi connectivity index (χ0) is 19.3. The number of nitro benzene ring substituents is 1. The van der Waals surface area contributed by atoms with E-state index in [4.69, 9.17) is 10.00 Å². The molecule has 0 unspecified atom stereocenters. The standard InChI is InChI=1S/C19H19N3O4/c1-13(2)21(12-15-6-4-14(11-20)5-7-15)19(23)16-8-9-18(26-3)17(10-16)22(24)25/h4-10,13H,12H2,1-3H3. The summed E-state index contributed by atoms with van der Waals surface area (Å²) < 4.78 is 4.97. The van der Waals surface area contributed by atoms with Crippen molar-refractivity contribution in [1.29, 1.82) is 5.26 Å². The summed E-state index contributed by atoms with van der Waals surface area (Å²) in [6, 6.07) is 13.1. The number of carbonyl (C=O) groups is 1. The monoisotopic (exact) mass is 353 g/mol. The second-order valence-electron chi connectivity index (χ2n) is 5.98. The second kappa shape index (κ2) is 8.12. The van der Waals surface area contributed by atoms with Gasteiger partial charge in [0.25, 0.3) is 5.91 Å². The molecule has 2 aromatic carbocycles. The maximum absolute atomic E-state index is 12.9. The number of rotatable bonds is 6. The fraction of sp³-hybridized carbons (Fsp3) is 0.263. The summed E-state index contributed by atoms with van der Waals surface area (Å²) in [7, 11) is 1.34. The van der Waals surface area contributed by atoms with Gasteiger partial charge in [0.15, 0.2) is 5.75 Å². The van der Waals surface area contributed by atoms with Crippen LogP contribution in [0.3, 0.4) is 0 Å². The molecule has 0 N–H and O–H groups in total. The Bertz CT molecular complexity index is 854. The van der Waals surface area contributed by atoms with E-state index in [1.54, 1.807) is 29.2 Å². The lowest BCUT2D eigenvalue weighted by atomic mass is 10.1. The van der Waals surface area contributed by atoms with Crippen LogP contribution in [0.15, 0.2) is 42.5 Å². The van der Waals surface area contributed by atoms with Crippen LogP contribution >= 0.6 is 0 Å². The Kier molecular flexibility index (Phi) is 5.91. The molecule has 0 aliphatic rings. The zero-order valence-electron chi connectivity index (χ0n) is 14.8. The van der Waals surface area contributed by atoms with Crippen molar-refractivity contribution in [2.24, 2.45) is 0 Å². The normalized spacial score (nSPS) is 10.3. The van der Waals surface area contributed by atoms with Gasteiger partial charge in [0, 0.05) is 24.2 Å². The van der Waals surface area contributed by atoms with Crippen molar-refractivity contribution in [1.82, 2.24) is 4.90 Å². The van der Waals surface area contributed by atoms with Gasteiger partial charge < -0.3 is 9.64 Å². The van der Waals surface area contributed by atoms with Crippen LogP contribution < -0.4 is 4.74 Å². The molecule has 7 heteroatoms. The number of nitrogens with zero attached hydrogens (tertiary/aromatic N) is 3. The van der Waals surface area contributed by atoms with Crippen molar-refractivity contribution in [3.63, 3.8) is 0 Å². The molecule has 0 atom stereocenters. The van der Waals surface area contributed by atoms with Crippen LogP contribution in [-0.2, 0) is 6.54 Å². The molecule has 0 saturated heterocycles. The third-order valence-corrected chi connectivity index (χ3v) is 3.94. The minimum atomic E-state index is -0.573. The summed E-state index contributed by atoms with van der Waals surface area (Å²) in [6.07, 6.45) is 0. The Morgan fingerprint density at radius 1 is 1.27 bits per heavy atom. The maximum Gasteiger partial charge on any atom is 0.311 e. The van der Waals surface area contributed by atoms with Crippen molar-refractivity contribution in [3.05, 3.63) is 69.3 Å². The number of amides is 1. The first-order chi connectivity index (χ1) is 12.4. The van der Waals surface area contributed by atoms with Crippen molar-refractivity contribution < 1.29 is 14.5 Å². The van der Waals surface area contributed by atoms with E-state index >= 15 is 0 Å². The maximum atomic E-state index is 12.9. The van der Waals surface area contributed by atoms with Crippen molar-refractivity contribution in [3.8, 4) is 11.8 Å². The topological polar surface area (TPSA) is 96.5 Å². The molecule has 0 aromatic heterocycles. The molecule has 0 bridgehead atoms. The molecule has 26 heavy (non-hydrogen) atoms. The van der Waals surface area contributed by atoms with Gasteiger partial charge >= 0.3 is 5.69 Å². The Balaban J connectivity index is 2.32. The van der Waals surface area contributed by atoms with Crippen LogP contribution in [0, 0.1) is 21.4 Å². The van der Waals surface area contributed by atoms with Crippen LogP contribution in [0.25, 0.3) is 0 Å². The number of methoxy groups -OCH3 is 1. The fourth-order valence-electron chi connectivity index (χ4n) is 2.50. The number of ether oxygens (including phenoxy) is 1. The van der Waals surface area contributed by atoms with E-state index in [9.17, 15) is 14.9 Å². The first-order valence-corrected chi connectivity index (χ1v) is 7.99. The summed E-state index contributed by atoms with van der Waals surface area (Å²) in [5.74, 6) is -0.204. The van der Waals surface area contributed by atoms with Gasteiger partial charge in [-0.15, -0.1) is 0 Å². The molecular weight excluding hydrogens is 334 g/mol. The highest BCUT2D eigenvalue weighted by Gasteiger charge is 2.23. The lowest BCUT2D eigenvalue weighted by Crippen LogP contribution is -2.36. The molecule has 0 aliphatic heterocycles. The minimum absolute atomic E-state index is 0.106. The van der Waals surface area contributed by atoms with Crippen LogP contribution in [-0.4, -0.2) is 28.9 Å². The number of nitro groups is 1. The number of benzene rings is 2. The molecule has 0 fully saturated rings. The molecule has 0 saturated carbocycles. The van der Waals surface area contributed by atoms with E-state index in [2.05, 4.69) is 6.07 Å². The largest absolute Gasteiger partial charge is 0.490 e. The molecular formula is C19H19N3O4. The van der Waals surface area contributed by atoms with Gasteiger partial charge in [-0.2, -0.15) is 5.26 Å². The molecule has 134 valence electrons.